The van der Waals surface area contributed by atoms with Crippen molar-refractivity contribution >= 4 is 23.2 Å². The number of carbonyl (C=O) groups is 1. The fourth-order valence-electron chi connectivity index (χ4n) is 3.00. The van der Waals surface area contributed by atoms with Gasteiger partial charge in [0, 0.05) is 10.7 Å². The molecule has 3 rings (SSSR count). The Labute approximate surface area is 140 Å². The average molecular weight is 332 g/mol. The van der Waals surface area contributed by atoms with Crippen molar-refractivity contribution < 1.29 is 14.3 Å². The van der Waals surface area contributed by atoms with Crippen LogP contribution in [0.1, 0.15) is 24.1 Å². The molecule has 0 aliphatic carbocycles. The van der Waals surface area contributed by atoms with Gasteiger partial charge < -0.3 is 14.4 Å². The van der Waals surface area contributed by atoms with E-state index in [0.29, 0.717) is 22.9 Å². The van der Waals surface area contributed by atoms with Gasteiger partial charge in [-0.3, -0.25) is 4.79 Å². The third kappa shape index (κ3) is 2.75. The van der Waals surface area contributed by atoms with Gasteiger partial charge >= 0.3 is 0 Å². The second-order valence-electron chi connectivity index (χ2n) is 5.50. The molecule has 0 aromatic heterocycles. The van der Waals surface area contributed by atoms with E-state index in [-0.39, 0.29) is 11.9 Å². The van der Waals surface area contributed by atoms with Gasteiger partial charge in [-0.2, -0.15) is 0 Å². The molecule has 1 atom stereocenters. The average Bonchev–Trinajstić information content (AvgIpc) is 2.88. The van der Waals surface area contributed by atoms with Crippen LogP contribution in [0.4, 0.5) is 5.69 Å². The lowest BCUT2D eigenvalue weighted by atomic mass is 10.1. The van der Waals surface area contributed by atoms with Gasteiger partial charge in [0.25, 0.3) is 0 Å². The lowest BCUT2D eigenvalue weighted by Gasteiger charge is -2.26. The summed E-state index contributed by atoms with van der Waals surface area (Å²) in [5, 5.41) is 0.650. The summed E-state index contributed by atoms with van der Waals surface area (Å²) in [4.78, 5) is 14.3. The molecule has 1 amide bonds. The number of halogens is 1. The van der Waals surface area contributed by atoms with Gasteiger partial charge in [0.05, 0.1) is 26.7 Å². The molecule has 0 N–H and O–H groups in total. The molecule has 0 radical (unpaired) electrons. The number of hydrogen-bond acceptors (Lipinski definition) is 3. The highest BCUT2D eigenvalue weighted by molar-refractivity contribution is 6.30. The molecule has 1 unspecified atom stereocenters. The molecular formula is C18H18ClNO3. The van der Waals surface area contributed by atoms with Crippen LogP contribution in [-0.2, 0) is 11.2 Å². The fourth-order valence-corrected chi connectivity index (χ4v) is 3.19. The van der Waals surface area contributed by atoms with Gasteiger partial charge in [-0.1, -0.05) is 17.7 Å². The maximum atomic E-state index is 12.5. The minimum absolute atomic E-state index is 0.0737. The van der Waals surface area contributed by atoms with Crippen LogP contribution >= 0.6 is 11.6 Å². The van der Waals surface area contributed by atoms with Crippen LogP contribution in [0, 0.1) is 0 Å². The van der Waals surface area contributed by atoms with Crippen molar-refractivity contribution in [1.29, 1.82) is 0 Å². The summed E-state index contributed by atoms with van der Waals surface area (Å²) in [7, 11) is 3.20. The van der Waals surface area contributed by atoms with Crippen molar-refractivity contribution in [2.75, 3.05) is 19.1 Å². The Balaban J connectivity index is 1.98. The van der Waals surface area contributed by atoms with Crippen molar-refractivity contribution in [2.45, 2.75) is 19.4 Å². The Hall–Kier alpha value is -2.20. The minimum Gasteiger partial charge on any atom is -0.493 e. The number of fused-ring (bicyclic) bond motifs is 1. The lowest BCUT2D eigenvalue weighted by molar-refractivity contribution is -0.117. The van der Waals surface area contributed by atoms with E-state index >= 15 is 0 Å². The van der Waals surface area contributed by atoms with E-state index in [4.69, 9.17) is 21.1 Å². The molecule has 120 valence electrons. The van der Waals surface area contributed by atoms with Crippen LogP contribution in [0.5, 0.6) is 11.5 Å². The van der Waals surface area contributed by atoms with Crippen molar-refractivity contribution in [2.24, 2.45) is 0 Å². The molecule has 2 aromatic rings. The molecule has 0 fully saturated rings. The molecule has 2 aromatic carbocycles. The summed E-state index contributed by atoms with van der Waals surface area (Å²) in [6.07, 6.45) is 0.382. The number of rotatable bonds is 4. The molecule has 0 saturated heterocycles. The lowest BCUT2D eigenvalue weighted by Crippen LogP contribution is -2.29. The van der Waals surface area contributed by atoms with Crippen molar-refractivity contribution in [1.82, 2.24) is 0 Å². The first-order valence-corrected chi connectivity index (χ1v) is 7.75. The molecule has 5 heteroatoms. The van der Waals surface area contributed by atoms with E-state index in [0.717, 1.165) is 16.8 Å². The summed E-state index contributed by atoms with van der Waals surface area (Å²) in [5.41, 5.74) is 2.87. The first-order valence-electron chi connectivity index (χ1n) is 7.37. The Morgan fingerprint density at radius 2 is 1.83 bits per heavy atom. The zero-order valence-corrected chi connectivity index (χ0v) is 14.1. The Kier molecular flexibility index (Phi) is 4.18. The zero-order chi connectivity index (χ0) is 16.6. The van der Waals surface area contributed by atoms with Gasteiger partial charge in [0.2, 0.25) is 5.91 Å². The summed E-state index contributed by atoms with van der Waals surface area (Å²) in [6, 6.07) is 11.2. The highest BCUT2D eigenvalue weighted by Gasteiger charge is 2.32. The predicted octanol–water partition coefficient (Wildman–Crippen LogP) is 4.01. The largest absolute Gasteiger partial charge is 0.493 e. The SMILES string of the molecule is COc1ccc(C(C)N2C(=O)Cc3cc(Cl)ccc32)cc1OC. The van der Waals surface area contributed by atoms with Crippen molar-refractivity contribution in [3.8, 4) is 11.5 Å². The van der Waals surface area contributed by atoms with Crippen LogP contribution < -0.4 is 14.4 Å². The normalized spacial score (nSPS) is 14.6. The standard InChI is InChI=1S/C18H18ClNO3/c1-11(12-4-7-16(22-2)17(9-12)23-3)20-15-6-5-14(19)8-13(15)10-18(20)21/h4-9,11H,10H2,1-3H3. The Morgan fingerprint density at radius 1 is 1.09 bits per heavy atom. The summed E-state index contributed by atoms with van der Waals surface area (Å²) < 4.78 is 10.6. The van der Waals surface area contributed by atoms with Gasteiger partial charge in [0.15, 0.2) is 11.5 Å². The fraction of sp³-hybridized carbons (Fsp3) is 0.278. The van der Waals surface area contributed by atoms with E-state index < -0.39 is 0 Å². The Morgan fingerprint density at radius 3 is 2.52 bits per heavy atom. The number of carbonyl (C=O) groups excluding carboxylic acids is 1. The summed E-state index contributed by atoms with van der Waals surface area (Å²) in [5.74, 6) is 1.40. The quantitative estimate of drug-likeness (QED) is 0.849. The number of hydrogen-bond donors (Lipinski definition) is 0. The van der Waals surface area contributed by atoms with Crippen LogP contribution in [0.25, 0.3) is 0 Å². The number of benzene rings is 2. The number of methoxy groups -OCH3 is 2. The molecule has 1 aliphatic rings. The van der Waals surface area contributed by atoms with E-state index in [1.165, 1.54) is 0 Å². The third-order valence-corrected chi connectivity index (χ3v) is 4.42. The van der Waals surface area contributed by atoms with Gasteiger partial charge in [-0.25, -0.2) is 0 Å². The first kappa shape index (κ1) is 15.7. The van der Waals surface area contributed by atoms with E-state index in [2.05, 4.69) is 0 Å². The zero-order valence-electron chi connectivity index (χ0n) is 13.3. The van der Waals surface area contributed by atoms with E-state index in [9.17, 15) is 4.79 Å². The third-order valence-electron chi connectivity index (χ3n) is 4.19. The van der Waals surface area contributed by atoms with Crippen LogP contribution in [0.3, 0.4) is 0 Å². The first-order chi connectivity index (χ1) is 11.0. The monoisotopic (exact) mass is 331 g/mol. The minimum atomic E-state index is -0.107. The van der Waals surface area contributed by atoms with Gasteiger partial charge in [0.1, 0.15) is 0 Å². The molecule has 0 spiro atoms. The molecular weight excluding hydrogens is 314 g/mol. The summed E-state index contributed by atoms with van der Waals surface area (Å²) in [6.45, 7) is 2.00. The Bertz CT molecular complexity index is 760. The maximum absolute atomic E-state index is 12.5. The predicted molar refractivity (Wildman–Crippen MR) is 90.6 cm³/mol. The van der Waals surface area contributed by atoms with Crippen molar-refractivity contribution in [3.63, 3.8) is 0 Å². The molecule has 4 nitrogen and oxygen atoms in total. The number of nitrogens with zero attached hydrogens (tertiary/aromatic N) is 1. The summed E-state index contributed by atoms with van der Waals surface area (Å²) >= 11 is 6.03. The number of ether oxygens (including phenoxy) is 2. The smallest absolute Gasteiger partial charge is 0.232 e. The maximum Gasteiger partial charge on any atom is 0.232 e. The van der Waals surface area contributed by atoms with Gasteiger partial charge in [-0.15, -0.1) is 0 Å². The molecule has 1 aliphatic heterocycles. The van der Waals surface area contributed by atoms with E-state index in [1.807, 2.05) is 48.2 Å². The van der Waals surface area contributed by atoms with Crippen LogP contribution in [-0.4, -0.2) is 20.1 Å². The molecule has 1 heterocycles. The second kappa shape index (κ2) is 6.13. The number of amides is 1. The molecule has 0 bridgehead atoms. The number of anilines is 1. The highest BCUT2D eigenvalue weighted by Crippen LogP contribution is 2.39. The molecule has 23 heavy (non-hydrogen) atoms. The van der Waals surface area contributed by atoms with E-state index in [1.54, 1.807) is 14.2 Å². The van der Waals surface area contributed by atoms with Crippen molar-refractivity contribution in [3.05, 3.63) is 52.5 Å². The van der Waals surface area contributed by atoms with Gasteiger partial charge in [-0.05, 0) is 48.4 Å². The second-order valence-corrected chi connectivity index (χ2v) is 5.94. The highest BCUT2D eigenvalue weighted by atomic mass is 35.5. The topological polar surface area (TPSA) is 38.8 Å². The molecule has 0 saturated carbocycles. The van der Waals surface area contributed by atoms with Crippen LogP contribution in [0.2, 0.25) is 5.02 Å². The van der Waals surface area contributed by atoms with Crippen LogP contribution in [0.15, 0.2) is 36.4 Å².